The molecule has 6 heteroatoms. The van der Waals surface area contributed by atoms with E-state index >= 15 is 0 Å². The molecule has 1 heterocycles. The first-order valence-electron chi connectivity index (χ1n) is 10.4. The molecule has 2 aromatic rings. The van der Waals surface area contributed by atoms with Crippen LogP contribution in [0.3, 0.4) is 0 Å². The van der Waals surface area contributed by atoms with Crippen molar-refractivity contribution < 1.29 is 13.2 Å². The second-order valence-corrected chi connectivity index (χ2v) is 9.70. The molecule has 0 aromatic heterocycles. The SMILES string of the molecule is CCCCOc1ccc(S(=O)(=O)N2CCN(c3c(C)cccc3C)CC2)cc1C. The van der Waals surface area contributed by atoms with Crippen molar-refractivity contribution in [3.05, 3.63) is 53.1 Å². The highest BCUT2D eigenvalue weighted by molar-refractivity contribution is 7.89. The molecule has 0 atom stereocenters. The molecule has 0 aliphatic carbocycles. The van der Waals surface area contributed by atoms with Gasteiger partial charge in [-0.05, 0) is 62.1 Å². The fourth-order valence-corrected chi connectivity index (χ4v) is 5.38. The molecule has 1 aliphatic heterocycles. The fraction of sp³-hybridized carbons (Fsp3) is 0.478. The molecule has 0 saturated carbocycles. The number of anilines is 1. The van der Waals surface area contributed by atoms with Crippen molar-refractivity contribution in [2.24, 2.45) is 0 Å². The largest absolute Gasteiger partial charge is 0.493 e. The third-order valence-corrected chi connectivity index (χ3v) is 7.43. The summed E-state index contributed by atoms with van der Waals surface area (Å²) in [5, 5.41) is 0. The number of ether oxygens (including phenoxy) is 1. The lowest BCUT2D eigenvalue weighted by Crippen LogP contribution is -2.49. The summed E-state index contributed by atoms with van der Waals surface area (Å²) in [6.45, 7) is 11.3. The van der Waals surface area contributed by atoms with E-state index in [2.05, 4.69) is 43.9 Å². The molecule has 5 nitrogen and oxygen atoms in total. The van der Waals surface area contributed by atoms with Crippen molar-refractivity contribution in [2.45, 2.75) is 45.4 Å². The van der Waals surface area contributed by atoms with Crippen LogP contribution in [0.4, 0.5) is 5.69 Å². The Morgan fingerprint density at radius 2 is 1.59 bits per heavy atom. The summed E-state index contributed by atoms with van der Waals surface area (Å²) in [7, 11) is -3.50. The maximum absolute atomic E-state index is 13.2. The third-order valence-electron chi connectivity index (χ3n) is 5.53. The molecule has 1 aliphatic rings. The minimum atomic E-state index is -3.50. The average Bonchev–Trinajstić information content (AvgIpc) is 2.69. The Hall–Kier alpha value is -2.05. The molecule has 0 radical (unpaired) electrons. The van der Waals surface area contributed by atoms with E-state index in [4.69, 9.17) is 4.74 Å². The summed E-state index contributed by atoms with van der Waals surface area (Å²) in [6.07, 6.45) is 2.06. The van der Waals surface area contributed by atoms with Crippen LogP contribution in [0.2, 0.25) is 0 Å². The Balaban J connectivity index is 1.71. The quantitative estimate of drug-likeness (QED) is 0.632. The molecule has 0 unspecified atom stereocenters. The van der Waals surface area contributed by atoms with Gasteiger partial charge in [-0.25, -0.2) is 8.42 Å². The summed E-state index contributed by atoms with van der Waals surface area (Å²) < 4.78 is 33.7. The zero-order valence-electron chi connectivity index (χ0n) is 17.9. The molecular weight excluding hydrogens is 384 g/mol. The van der Waals surface area contributed by atoms with E-state index in [0.29, 0.717) is 37.7 Å². The number of aryl methyl sites for hydroxylation is 3. The second-order valence-electron chi connectivity index (χ2n) is 7.76. The summed E-state index contributed by atoms with van der Waals surface area (Å²) in [6, 6.07) is 11.5. The molecule has 0 N–H and O–H groups in total. The first-order valence-corrected chi connectivity index (χ1v) is 11.8. The Bertz CT molecular complexity index is 928. The first-order chi connectivity index (χ1) is 13.8. The molecule has 2 aromatic carbocycles. The van der Waals surface area contributed by atoms with E-state index in [1.165, 1.54) is 16.8 Å². The van der Waals surface area contributed by atoms with Crippen molar-refractivity contribution in [2.75, 3.05) is 37.7 Å². The Morgan fingerprint density at radius 1 is 0.931 bits per heavy atom. The summed E-state index contributed by atoms with van der Waals surface area (Å²) in [5.41, 5.74) is 4.55. The van der Waals surface area contributed by atoms with E-state index in [0.717, 1.165) is 24.2 Å². The van der Waals surface area contributed by atoms with Gasteiger partial charge in [0.05, 0.1) is 11.5 Å². The zero-order valence-corrected chi connectivity index (χ0v) is 18.8. The predicted molar refractivity (Wildman–Crippen MR) is 118 cm³/mol. The van der Waals surface area contributed by atoms with Gasteiger partial charge in [0.15, 0.2) is 0 Å². The molecule has 1 fully saturated rings. The van der Waals surface area contributed by atoms with Crippen LogP contribution in [0.15, 0.2) is 41.3 Å². The number of sulfonamides is 1. The monoisotopic (exact) mass is 416 g/mol. The predicted octanol–water partition coefficient (Wildman–Crippen LogP) is 4.30. The minimum Gasteiger partial charge on any atom is -0.493 e. The minimum absolute atomic E-state index is 0.346. The van der Waals surface area contributed by atoms with Crippen LogP contribution in [0, 0.1) is 20.8 Å². The van der Waals surface area contributed by atoms with E-state index in [1.807, 2.05) is 6.92 Å². The van der Waals surface area contributed by atoms with E-state index in [-0.39, 0.29) is 0 Å². The Morgan fingerprint density at radius 3 is 2.17 bits per heavy atom. The molecule has 0 amide bonds. The second kappa shape index (κ2) is 9.18. The van der Waals surface area contributed by atoms with Gasteiger partial charge >= 0.3 is 0 Å². The summed E-state index contributed by atoms with van der Waals surface area (Å²) in [4.78, 5) is 2.64. The van der Waals surface area contributed by atoms with E-state index in [1.54, 1.807) is 22.5 Å². The number of piperazine rings is 1. The number of nitrogens with zero attached hydrogens (tertiary/aromatic N) is 2. The number of hydrogen-bond acceptors (Lipinski definition) is 4. The van der Waals surface area contributed by atoms with Crippen LogP contribution in [0.5, 0.6) is 5.75 Å². The molecule has 158 valence electrons. The normalized spacial score (nSPS) is 15.5. The van der Waals surface area contributed by atoms with Gasteiger partial charge in [0.25, 0.3) is 0 Å². The maximum atomic E-state index is 13.2. The lowest BCUT2D eigenvalue weighted by atomic mass is 10.1. The molecule has 0 bridgehead atoms. The van der Waals surface area contributed by atoms with Gasteiger partial charge in [-0.2, -0.15) is 4.31 Å². The first kappa shape index (κ1) is 21.7. The van der Waals surface area contributed by atoms with Crippen molar-refractivity contribution in [3.63, 3.8) is 0 Å². The van der Waals surface area contributed by atoms with Gasteiger partial charge in [-0.15, -0.1) is 0 Å². The number of benzene rings is 2. The average molecular weight is 417 g/mol. The highest BCUT2D eigenvalue weighted by Gasteiger charge is 2.29. The molecular formula is C23H32N2O3S. The van der Waals surface area contributed by atoms with Gasteiger partial charge in [0.2, 0.25) is 10.0 Å². The summed E-state index contributed by atoms with van der Waals surface area (Å²) in [5.74, 6) is 0.761. The number of unbranched alkanes of at least 4 members (excludes halogenated alkanes) is 1. The van der Waals surface area contributed by atoms with Crippen molar-refractivity contribution >= 4 is 15.7 Å². The van der Waals surface area contributed by atoms with Crippen molar-refractivity contribution in [3.8, 4) is 5.75 Å². The Labute approximate surface area is 175 Å². The standard InChI is InChI=1S/C23H32N2O3S/c1-5-6-16-28-22-11-10-21(17-20(22)4)29(26,27)25-14-12-24(13-15-25)23-18(2)8-7-9-19(23)3/h7-11,17H,5-6,12-16H2,1-4H3. The van der Waals surface area contributed by atoms with Crippen LogP contribution in [-0.4, -0.2) is 45.5 Å². The van der Waals surface area contributed by atoms with Gasteiger partial charge in [0, 0.05) is 31.9 Å². The number of hydrogen-bond donors (Lipinski definition) is 0. The van der Waals surface area contributed by atoms with Gasteiger partial charge in [-0.1, -0.05) is 31.5 Å². The van der Waals surface area contributed by atoms with Crippen LogP contribution in [0.25, 0.3) is 0 Å². The molecule has 3 rings (SSSR count). The van der Waals surface area contributed by atoms with Crippen molar-refractivity contribution in [1.82, 2.24) is 4.31 Å². The maximum Gasteiger partial charge on any atom is 0.243 e. The lowest BCUT2D eigenvalue weighted by molar-refractivity contribution is 0.307. The number of rotatable bonds is 7. The lowest BCUT2D eigenvalue weighted by Gasteiger charge is -2.37. The highest BCUT2D eigenvalue weighted by atomic mass is 32.2. The smallest absolute Gasteiger partial charge is 0.243 e. The topological polar surface area (TPSA) is 49.9 Å². The third kappa shape index (κ3) is 4.75. The van der Waals surface area contributed by atoms with Crippen molar-refractivity contribution in [1.29, 1.82) is 0 Å². The zero-order chi connectivity index (χ0) is 21.0. The van der Waals surface area contributed by atoms with Gasteiger partial charge in [0.1, 0.15) is 5.75 Å². The highest BCUT2D eigenvalue weighted by Crippen LogP contribution is 2.28. The van der Waals surface area contributed by atoms with E-state index < -0.39 is 10.0 Å². The fourth-order valence-electron chi connectivity index (χ4n) is 3.88. The molecule has 1 saturated heterocycles. The van der Waals surface area contributed by atoms with Crippen LogP contribution in [0.1, 0.15) is 36.5 Å². The molecule has 0 spiro atoms. The molecule has 29 heavy (non-hydrogen) atoms. The number of para-hydroxylation sites is 1. The van der Waals surface area contributed by atoms with Gasteiger partial charge < -0.3 is 9.64 Å². The van der Waals surface area contributed by atoms with E-state index in [9.17, 15) is 8.42 Å². The van der Waals surface area contributed by atoms with Gasteiger partial charge in [-0.3, -0.25) is 0 Å². The summed E-state index contributed by atoms with van der Waals surface area (Å²) >= 11 is 0. The van der Waals surface area contributed by atoms with Crippen LogP contribution >= 0.6 is 0 Å². The van der Waals surface area contributed by atoms with Crippen LogP contribution < -0.4 is 9.64 Å². The van der Waals surface area contributed by atoms with Crippen LogP contribution in [-0.2, 0) is 10.0 Å². The Kier molecular flexibility index (Phi) is 6.85.